The molecule has 2 aromatic rings. The van der Waals surface area contributed by atoms with Gasteiger partial charge in [-0.25, -0.2) is 14.8 Å². The lowest BCUT2D eigenvalue weighted by molar-refractivity contribution is -0.146. The normalized spacial score (nSPS) is 28.9. The van der Waals surface area contributed by atoms with E-state index in [0.717, 1.165) is 18.2 Å². The fourth-order valence-corrected chi connectivity index (χ4v) is 7.59. The molecule has 6 rings (SSSR count). The van der Waals surface area contributed by atoms with Crippen LogP contribution in [0.2, 0.25) is 0 Å². The molecule has 4 atom stereocenters. The highest BCUT2D eigenvalue weighted by Gasteiger charge is 2.56. The molecule has 1 aromatic carbocycles. The molecule has 214 valence electrons. The molecule has 4 aliphatic rings. The topological polar surface area (TPSA) is 125 Å². The zero-order valence-electron chi connectivity index (χ0n) is 22.0. The molecule has 2 saturated carbocycles. The third-order valence-electron chi connectivity index (χ3n) is 9.35. The van der Waals surface area contributed by atoms with Gasteiger partial charge in [0, 0.05) is 37.1 Å². The molecule has 9 nitrogen and oxygen atoms in total. The van der Waals surface area contributed by atoms with Crippen LogP contribution in [0.15, 0.2) is 24.4 Å². The number of carboxylic acid groups (broad SMARTS) is 1. The van der Waals surface area contributed by atoms with Gasteiger partial charge < -0.3 is 25.2 Å². The molecule has 3 heterocycles. The van der Waals surface area contributed by atoms with Gasteiger partial charge in [0.05, 0.1) is 5.56 Å². The summed E-state index contributed by atoms with van der Waals surface area (Å²) in [5.74, 6) is -2.53. The molecule has 2 aliphatic heterocycles. The Morgan fingerprint density at radius 1 is 1.18 bits per heavy atom. The zero-order valence-corrected chi connectivity index (χ0v) is 22.0. The minimum Gasteiger partial charge on any atom is -0.508 e. The standard InChI is InChI=1S/C28H31F3N4O5/c1-15-8-16-10-17(9-15)27(12-16,24(38)39)34-23(37)19-13-32-25(33-22(19)28(29,30)31)35-14-26(4-6-40-7-5-26)20-11-18(36)2-3-21(20)35/h2-3,11,13,15-17,36H,4-10,12,14H2,1H3,(H,34,37)(H,38,39). The number of fused-ring (bicyclic) bond motifs is 4. The molecular formula is C28H31F3N4O5. The average Bonchev–Trinajstić information content (AvgIpc) is 3.34. The van der Waals surface area contributed by atoms with Gasteiger partial charge in [-0.05, 0) is 80.0 Å². The van der Waals surface area contributed by atoms with Gasteiger partial charge in [0.15, 0.2) is 5.69 Å². The Morgan fingerprint density at radius 2 is 1.93 bits per heavy atom. The van der Waals surface area contributed by atoms with Crippen molar-refractivity contribution in [3.8, 4) is 5.75 Å². The summed E-state index contributed by atoms with van der Waals surface area (Å²) in [7, 11) is 0. The number of aromatic hydroxyl groups is 1. The highest BCUT2D eigenvalue weighted by atomic mass is 19.4. The number of phenols is 1. The van der Waals surface area contributed by atoms with Crippen molar-refractivity contribution in [2.75, 3.05) is 24.7 Å². The highest BCUT2D eigenvalue weighted by Crippen LogP contribution is 2.52. The van der Waals surface area contributed by atoms with E-state index in [1.54, 1.807) is 17.0 Å². The average molecular weight is 561 g/mol. The summed E-state index contributed by atoms with van der Waals surface area (Å²) in [6.45, 7) is 3.27. The Morgan fingerprint density at radius 3 is 2.62 bits per heavy atom. The predicted octanol–water partition coefficient (Wildman–Crippen LogP) is 4.41. The van der Waals surface area contributed by atoms with Crippen LogP contribution in [-0.4, -0.2) is 57.4 Å². The van der Waals surface area contributed by atoms with Crippen molar-refractivity contribution < 1.29 is 37.7 Å². The fraction of sp³-hybridized carbons (Fsp3) is 0.571. The van der Waals surface area contributed by atoms with Gasteiger partial charge >= 0.3 is 12.1 Å². The van der Waals surface area contributed by atoms with E-state index in [1.165, 1.54) is 6.07 Å². The maximum atomic E-state index is 14.4. The number of halogens is 3. The van der Waals surface area contributed by atoms with Gasteiger partial charge in [-0.1, -0.05) is 6.92 Å². The summed E-state index contributed by atoms with van der Waals surface area (Å²) < 4.78 is 48.6. The van der Waals surface area contributed by atoms with Crippen LogP contribution in [0.3, 0.4) is 0 Å². The van der Waals surface area contributed by atoms with Crippen LogP contribution >= 0.6 is 0 Å². The van der Waals surface area contributed by atoms with Gasteiger partial charge in [0.2, 0.25) is 5.95 Å². The number of ether oxygens (including phenoxy) is 1. The maximum absolute atomic E-state index is 14.4. The number of benzene rings is 1. The molecule has 2 aliphatic carbocycles. The lowest BCUT2D eigenvalue weighted by atomic mass is 9.76. The Kier molecular flexibility index (Phi) is 6.24. The van der Waals surface area contributed by atoms with Crippen LogP contribution < -0.4 is 10.2 Å². The van der Waals surface area contributed by atoms with Crippen molar-refractivity contribution in [1.82, 2.24) is 15.3 Å². The second-order valence-electron chi connectivity index (χ2n) is 11.9. The number of anilines is 2. The van der Waals surface area contributed by atoms with Crippen molar-refractivity contribution in [3.05, 3.63) is 41.2 Å². The van der Waals surface area contributed by atoms with E-state index in [-0.39, 0.29) is 35.9 Å². The maximum Gasteiger partial charge on any atom is 0.434 e. The number of carbonyl (C=O) groups excluding carboxylic acids is 1. The molecule has 3 N–H and O–H groups in total. The summed E-state index contributed by atoms with van der Waals surface area (Å²) in [6.07, 6.45) is -0.697. The Bertz CT molecular complexity index is 1360. The molecule has 1 amide bonds. The van der Waals surface area contributed by atoms with Gasteiger partial charge in [0.1, 0.15) is 11.3 Å². The number of amides is 1. The lowest BCUT2D eigenvalue weighted by Crippen LogP contribution is -2.57. The quantitative estimate of drug-likeness (QED) is 0.502. The van der Waals surface area contributed by atoms with E-state index in [2.05, 4.69) is 15.3 Å². The molecule has 2 bridgehead atoms. The van der Waals surface area contributed by atoms with E-state index in [0.29, 0.717) is 51.1 Å². The van der Waals surface area contributed by atoms with Crippen LogP contribution in [0.25, 0.3) is 0 Å². The molecule has 1 aromatic heterocycles. The number of aromatic nitrogens is 2. The van der Waals surface area contributed by atoms with Crippen molar-refractivity contribution in [1.29, 1.82) is 0 Å². The molecular weight excluding hydrogens is 529 g/mol. The summed E-state index contributed by atoms with van der Waals surface area (Å²) in [4.78, 5) is 35.4. The fourth-order valence-electron chi connectivity index (χ4n) is 7.59. The first-order valence-corrected chi connectivity index (χ1v) is 13.6. The van der Waals surface area contributed by atoms with Gasteiger partial charge in [-0.2, -0.15) is 13.2 Å². The minimum atomic E-state index is -4.99. The van der Waals surface area contributed by atoms with Crippen molar-refractivity contribution in [3.63, 3.8) is 0 Å². The number of aliphatic carboxylic acids is 1. The lowest BCUT2D eigenvalue weighted by Gasteiger charge is -2.34. The summed E-state index contributed by atoms with van der Waals surface area (Å²) >= 11 is 0. The van der Waals surface area contributed by atoms with Gasteiger partial charge in [0.25, 0.3) is 5.91 Å². The number of carboxylic acids is 1. The Hall–Kier alpha value is -3.41. The number of rotatable bonds is 4. The number of alkyl halides is 3. The molecule has 0 radical (unpaired) electrons. The zero-order chi connectivity index (χ0) is 28.4. The predicted molar refractivity (Wildman–Crippen MR) is 136 cm³/mol. The van der Waals surface area contributed by atoms with Crippen LogP contribution in [0.5, 0.6) is 5.75 Å². The van der Waals surface area contributed by atoms with E-state index < -0.39 is 40.3 Å². The molecule has 4 unspecified atom stereocenters. The van der Waals surface area contributed by atoms with E-state index in [9.17, 15) is 33.0 Å². The van der Waals surface area contributed by atoms with Gasteiger partial charge in [-0.3, -0.25) is 4.79 Å². The molecule has 40 heavy (non-hydrogen) atoms. The number of nitrogens with one attached hydrogen (secondary N) is 1. The largest absolute Gasteiger partial charge is 0.508 e. The third kappa shape index (κ3) is 4.27. The molecule has 1 saturated heterocycles. The van der Waals surface area contributed by atoms with Crippen molar-refractivity contribution >= 4 is 23.5 Å². The first-order valence-electron chi connectivity index (χ1n) is 13.6. The van der Waals surface area contributed by atoms with Crippen LogP contribution in [-0.2, 0) is 21.1 Å². The number of carbonyl (C=O) groups is 2. The van der Waals surface area contributed by atoms with Crippen LogP contribution in [0.4, 0.5) is 24.8 Å². The summed E-state index contributed by atoms with van der Waals surface area (Å²) in [5.41, 5.74) is -2.92. The van der Waals surface area contributed by atoms with E-state index >= 15 is 0 Å². The highest BCUT2D eigenvalue weighted by molar-refractivity contribution is 5.99. The number of hydrogen-bond acceptors (Lipinski definition) is 7. The Labute approximate surface area is 228 Å². The van der Waals surface area contributed by atoms with E-state index in [1.807, 2.05) is 6.92 Å². The Balaban J connectivity index is 1.36. The minimum absolute atomic E-state index is 0.0496. The molecule has 3 fully saturated rings. The third-order valence-corrected chi connectivity index (χ3v) is 9.35. The second-order valence-corrected chi connectivity index (χ2v) is 11.9. The SMILES string of the molecule is CC1CC2CC(C1)C(NC(=O)c1cnc(N3CC4(CCOCC4)c4cc(O)ccc43)nc1C(F)(F)F)(C(=O)O)C2. The van der Waals surface area contributed by atoms with Gasteiger partial charge in [-0.15, -0.1) is 0 Å². The van der Waals surface area contributed by atoms with Crippen LogP contribution in [0.1, 0.15) is 67.1 Å². The number of phenolic OH excluding ortho intramolecular Hbond substituents is 1. The van der Waals surface area contributed by atoms with Crippen molar-refractivity contribution in [2.45, 2.75) is 62.6 Å². The summed E-state index contributed by atoms with van der Waals surface area (Å²) in [6, 6.07) is 4.71. The number of hydrogen-bond donors (Lipinski definition) is 3. The van der Waals surface area contributed by atoms with Crippen molar-refractivity contribution in [2.24, 2.45) is 17.8 Å². The second kappa shape index (κ2) is 9.32. The molecule has 12 heteroatoms. The van der Waals surface area contributed by atoms with Crippen LogP contribution in [0, 0.1) is 17.8 Å². The number of nitrogens with zero attached hydrogens (tertiary/aromatic N) is 3. The smallest absolute Gasteiger partial charge is 0.434 e. The summed E-state index contributed by atoms with van der Waals surface area (Å²) in [5, 5.41) is 22.8. The van der Waals surface area contributed by atoms with E-state index in [4.69, 9.17) is 4.74 Å². The monoisotopic (exact) mass is 560 g/mol. The first kappa shape index (κ1) is 26.8. The first-order chi connectivity index (χ1) is 18.9. The molecule has 1 spiro atoms.